The second-order valence-electron chi connectivity index (χ2n) is 6.71. The van der Waals surface area contributed by atoms with Crippen molar-refractivity contribution < 1.29 is 14.1 Å². The first-order valence-electron chi connectivity index (χ1n) is 8.27. The molecular formula is C18H23N3O3. The lowest BCUT2D eigenvalue weighted by Gasteiger charge is -2.29. The molecule has 24 heavy (non-hydrogen) atoms. The summed E-state index contributed by atoms with van der Waals surface area (Å²) in [6.07, 6.45) is 1.81. The molecule has 0 saturated carbocycles. The van der Waals surface area contributed by atoms with E-state index in [0.717, 1.165) is 25.0 Å². The summed E-state index contributed by atoms with van der Waals surface area (Å²) in [5, 5.41) is 6.93. The average Bonchev–Trinajstić information content (AvgIpc) is 3.05. The normalized spacial score (nSPS) is 21.5. The number of amides is 1. The number of carbonyl (C=O) groups excluding carboxylic acids is 1. The topological polar surface area (TPSA) is 77.2 Å². The molecule has 1 amide bonds. The predicted octanol–water partition coefficient (Wildman–Crippen LogP) is 3.08. The number of hydrogen-bond acceptors (Lipinski definition) is 5. The highest BCUT2D eigenvalue weighted by molar-refractivity contribution is 5.73. The van der Waals surface area contributed by atoms with Gasteiger partial charge < -0.3 is 14.6 Å². The molecule has 0 unspecified atom stereocenters. The van der Waals surface area contributed by atoms with Crippen molar-refractivity contribution in [3.8, 4) is 0 Å². The van der Waals surface area contributed by atoms with Crippen molar-refractivity contribution in [1.29, 1.82) is 0 Å². The minimum absolute atomic E-state index is 0.0236. The van der Waals surface area contributed by atoms with Gasteiger partial charge in [-0.15, -0.1) is 0 Å². The second kappa shape index (κ2) is 6.73. The Morgan fingerprint density at radius 3 is 2.75 bits per heavy atom. The minimum atomic E-state index is -0.675. The summed E-state index contributed by atoms with van der Waals surface area (Å²) >= 11 is 0. The molecule has 0 bridgehead atoms. The van der Waals surface area contributed by atoms with Crippen LogP contribution in [0.4, 0.5) is 0 Å². The highest BCUT2D eigenvalue weighted by Gasteiger charge is 2.35. The van der Waals surface area contributed by atoms with Crippen LogP contribution in [0.1, 0.15) is 62.9 Å². The summed E-state index contributed by atoms with van der Waals surface area (Å²) in [6, 6.07) is 10.1. The summed E-state index contributed by atoms with van der Waals surface area (Å²) in [7, 11) is 0. The van der Waals surface area contributed by atoms with E-state index in [1.807, 2.05) is 32.0 Å². The van der Waals surface area contributed by atoms with Crippen LogP contribution in [0.15, 0.2) is 34.9 Å². The lowest BCUT2D eigenvalue weighted by molar-refractivity contribution is -0.120. The van der Waals surface area contributed by atoms with Gasteiger partial charge in [-0.3, -0.25) is 4.79 Å². The van der Waals surface area contributed by atoms with Crippen molar-refractivity contribution in [2.75, 3.05) is 6.61 Å². The molecule has 2 atom stereocenters. The van der Waals surface area contributed by atoms with Gasteiger partial charge in [0.2, 0.25) is 11.8 Å². The number of ether oxygens (including phenoxy) is 1. The average molecular weight is 329 g/mol. The number of benzene rings is 1. The van der Waals surface area contributed by atoms with E-state index in [1.165, 1.54) is 6.92 Å². The number of nitrogens with one attached hydrogen (secondary N) is 1. The third-order valence-corrected chi connectivity index (χ3v) is 4.26. The van der Waals surface area contributed by atoms with Gasteiger partial charge in [-0.25, -0.2) is 0 Å². The molecule has 1 aromatic carbocycles. The maximum Gasteiger partial charge on any atom is 0.232 e. The Balaban J connectivity index is 1.86. The van der Waals surface area contributed by atoms with Crippen molar-refractivity contribution in [3.05, 3.63) is 47.6 Å². The minimum Gasteiger partial charge on any atom is -0.373 e. The van der Waals surface area contributed by atoms with Crippen molar-refractivity contribution in [2.24, 2.45) is 0 Å². The maximum absolute atomic E-state index is 11.4. The Bertz CT molecular complexity index is 697. The monoisotopic (exact) mass is 329 g/mol. The maximum atomic E-state index is 11.4. The molecule has 0 radical (unpaired) electrons. The molecule has 3 rings (SSSR count). The van der Waals surface area contributed by atoms with E-state index in [1.54, 1.807) is 0 Å². The van der Waals surface area contributed by atoms with E-state index < -0.39 is 5.54 Å². The van der Waals surface area contributed by atoms with E-state index in [4.69, 9.17) is 9.26 Å². The van der Waals surface area contributed by atoms with Gasteiger partial charge in [0.25, 0.3) is 0 Å². The smallest absolute Gasteiger partial charge is 0.232 e. The summed E-state index contributed by atoms with van der Waals surface area (Å²) in [4.78, 5) is 15.9. The zero-order valence-corrected chi connectivity index (χ0v) is 14.3. The molecule has 2 aromatic rings. The fraction of sp³-hybridized carbons (Fsp3) is 0.500. The Morgan fingerprint density at radius 2 is 2.04 bits per heavy atom. The first-order valence-corrected chi connectivity index (χ1v) is 8.27. The molecule has 1 N–H and O–H groups in total. The second-order valence-corrected chi connectivity index (χ2v) is 6.71. The molecule has 6 heteroatoms. The van der Waals surface area contributed by atoms with Gasteiger partial charge in [0.1, 0.15) is 0 Å². The number of hydrogen-bond donors (Lipinski definition) is 1. The number of rotatable bonds is 4. The largest absolute Gasteiger partial charge is 0.373 e. The van der Waals surface area contributed by atoms with Crippen LogP contribution >= 0.6 is 0 Å². The van der Waals surface area contributed by atoms with E-state index in [-0.39, 0.29) is 17.9 Å². The van der Waals surface area contributed by atoms with Crippen LogP contribution in [-0.2, 0) is 15.1 Å². The highest BCUT2D eigenvalue weighted by Crippen LogP contribution is 2.40. The van der Waals surface area contributed by atoms with E-state index in [9.17, 15) is 4.79 Å². The van der Waals surface area contributed by atoms with Crippen LogP contribution in [0.5, 0.6) is 0 Å². The van der Waals surface area contributed by atoms with Gasteiger partial charge in [0, 0.05) is 13.5 Å². The SMILES string of the molecule is CC(=O)NC(C)(C)c1noc([C@@H]2CCCO[C@@H]2c2ccccc2)n1. The first-order chi connectivity index (χ1) is 11.5. The molecule has 128 valence electrons. The molecule has 1 fully saturated rings. The molecule has 1 aromatic heterocycles. The fourth-order valence-electron chi connectivity index (χ4n) is 3.14. The first kappa shape index (κ1) is 16.6. The van der Waals surface area contributed by atoms with Crippen molar-refractivity contribution >= 4 is 5.91 Å². The van der Waals surface area contributed by atoms with Gasteiger partial charge in [-0.2, -0.15) is 4.98 Å². The molecule has 1 aliphatic heterocycles. The lowest BCUT2D eigenvalue weighted by atomic mass is 9.89. The highest BCUT2D eigenvalue weighted by atomic mass is 16.5. The summed E-state index contributed by atoms with van der Waals surface area (Å²) in [6.45, 7) is 5.92. The summed E-state index contributed by atoms with van der Waals surface area (Å²) in [5.74, 6) is 0.937. The third kappa shape index (κ3) is 3.48. The zero-order chi connectivity index (χ0) is 17.2. The van der Waals surface area contributed by atoms with E-state index in [2.05, 4.69) is 27.6 Å². The number of carbonyl (C=O) groups is 1. The van der Waals surface area contributed by atoms with E-state index >= 15 is 0 Å². The van der Waals surface area contributed by atoms with Gasteiger partial charge in [-0.1, -0.05) is 35.5 Å². The van der Waals surface area contributed by atoms with Crippen molar-refractivity contribution in [1.82, 2.24) is 15.5 Å². The Labute approximate surface area is 141 Å². The Morgan fingerprint density at radius 1 is 1.29 bits per heavy atom. The van der Waals surface area contributed by atoms with Crippen LogP contribution in [-0.4, -0.2) is 22.7 Å². The molecular weight excluding hydrogens is 306 g/mol. The van der Waals surface area contributed by atoms with Crippen LogP contribution in [0.2, 0.25) is 0 Å². The molecule has 6 nitrogen and oxygen atoms in total. The third-order valence-electron chi connectivity index (χ3n) is 4.26. The quantitative estimate of drug-likeness (QED) is 0.933. The number of aromatic nitrogens is 2. The zero-order valence-electron chi connectivity index (χ0n) is 14.3. The summed E-state index contributed by atoms with van der Waals surface area (Å²) < 4.78 is 11.5. The van der Waals surface area contributed by atoms with E-state index in [0.29, 0.717) is 11.7 Å². The van der Waals surface area contributed by atoms with Crippen molar-refractivity contribution in [2.45, 2.75) is 51.2 Å². The lowest BCUT2D eigenvalue weighted by Crippen LogP contribution is -2.40. The van der Waals surface area contributed by atoms with Crippen LogP contribution < -0.4 is 5.32 Å². The standard InChI is InChI=1S/C18H23N3O3/c1-12(22)20-18(2,3)17-19-16(24-21-17)14-10-7-11-23-15(14)13-8-5-4-6-9-13/h4-6,8-9,14-15H,7,10-11H2,1-3H3,(H,20,22)/t14-,15-/m1/s1. The molecule has 1 aliphatic rings. The fourth-order valence-corrected chi connectivity index (χ4v) is 3.14. The number of nitrogens with zero attached hydrogens (tertiary/aromatic N) is 2. The Hall–Kier alpha value is -2.21. The summed E-state index contributed by atoms with van der Waals surface area (Å²) in [5.41, 5.74) is 0.439. The van der Waals surface area contributed by atoms with Gasteiger partial charge in [0.05, 0.1) is 17.6 Å². The van der Waals surface area contributed by atoms with Crippen LogP contribution in [0.3, 0.4) is 0 Å². The van der Waals surface area contributed by atoms with Gasteiger partial charge in [0.15, 0.2) is 5.82 Å². The molecule has 0 spiro atoms. The van der Waals surface area contributed by atoms with Crippen molar-refractivity contribution in [3.63, 3.8) is 0 Å². The van der Waals surface area contributed by atoms with Crippen LogP contribution in [0.25, 0.3) is 0 Å². The molecule has 1 saturated heterocycles. The Kier molecular flexibility index (Phi) is 4.66. The molecule has 2 heterocycles. The van der Waals surface area contributed by atoms with Crippen LogP contribution in [0, 0.1) is 0 Å². The molecule has 0 aliphatic carbocycles. The van der Waals surface area contributed by atoms with Gasteiger partial charge >= 0.3 is 0 Å². The predicted molar refractivity (Wildman–Crippen MR) is 88.3 cm³/mol. The van der Waals surface area contributed by atoms with Gasteiger partial charge in [-0.05, 0) is 32.3 Å².